The van der Waals surface area contributed by atoms with E-state index in [1.165, 1.54) is 24.8 Å². The van der Waals surface area contributed by atoms with E-state index >= 15 is 0 Å². The molecule has 0 aromatic rings. The predicted molar refractivity (Wildman–Crippen MR) is 79.0 cm³/mol. The second-order valence-corrected chi connectivity index (χ2v) is 6.93. The van der Waals surface area contributed by atoms with Crippen LogP contribution in [0.4, 0.5) is 0 Å². The van der Waals surface area contributed by atoms with Crippen molar-refractivity contribution >= 4 is 11.6 Å². The quantitative estimate of drug-likeness (QED) is 0.843. The van der Waals surface area contributed by atoms with Crippen molar-refractivity contribution in [2.75, 3.05) is 19.6 Å². The minimum atomic E-state index is 0.259. The Morgan fingerprint density at radius 3 is 2.61 bits per heavy atom. The molecule has 0 aromatic carbocycles. The maximum Gasteiger partial charge on any atom is 0.0309 e. The summed E-state index contributed by atoms with van der Waals surface area (Å²) in [6.45, 7) is 12.4. The molecule has 104 valence electrons. The van der Waals surface area contributed by atoms with Gasteiger partial charge in [0.05, 0.1) is 0 Å². The summed E-state index contributed by atoms with van der Waals surface area (Å²) >= 11 is 5.85. The Morgan fingerprint density at radius 1 is 1.44 bits per heavy atom. The SMILES string of the molecule is CCC1(C)CNC(C)(C2CC2)CN1CC(C)=CCl. The molecule has 0 bridgehead atoms. The van der Waals surface area contributed by atoms with Crippen LogP contribution in [0.3, 0.4) is 0 Å². The molecule has 1 heterocycles. The van der Waals surface area contributed by atoms with Gasteiger partial charge in [-0.3, -0.25) is 4.90 Å². The van der Waals surface area contributed by atoms with E-state index in [1.807, 2.05) is 0 Å². The molecular formula is C15H27ClN2. The molecule has 1 aliphatic carbocycles. The fraction of sp³-hybridized carbons (Fsp3) is 0.867. The van der Waals surface area contributed by atoms with Crippen molar-refractivity contribution in [2.45, 2.75) is 58.0 Å². The lowest BCUT2D eigenvalue weighted by Crippen LogP contribution is -2.68. The highest BCUT2D eigenvalue weighted by molar-refractivity contribution is 6.25. The number of piperazine rings is 1. The lowest BCUT2D eigenvalue weighted by molar-refractivity contribution is 0.0181. The third-order valence-corrected chi connectivity index (χ3v) is 5.39. The summed E-state index contributed by atoms with van der Waals surface area (Å²) < 4.78 is 0. The van der Waals surface area contributed by atoms with Gasteiger partial charge in [-0.2, -0.15) is 0 Å². The molecule has 0 spiro atoms. The third-order valence-electron chi connectivity index (χ3n) is 5.02. The Kier molecular flexibility index (Phi) is 4.10. The average Bonchev–Trinajstić information content (AvgIpc) is 3.18. The summed E-state index contributed by atoms with van der Waals surface area (Å²) in [5, 5.41) is 3.83. The first-order valence-corrected chi connectivity index (χ1v) is 7.63. The maximum atomic E-state index is 5.85. The topological polar surface area (TPSA) is 15.3 Å². The molecule has 1 saturated heterocycles. The van der Waals surface area contributed by atoms with Gasteiger partial charge < -0.3 is 5.32 Å². The molecule has 2 rings (SSSR count). The Morgan fingerprint density at radius 2 is 2.11 bits per heavy atom. The van der Waals surface area contributed by atoms with E-state index < -0.39 is 0 Å². The van der Waals surface area contributed by atoms with Crippen molar-refractivity contribution in [3.8, 4) is 0 Å². The molecule has 1 aliphatic heterocycles. The van der Waals surface area contributed by atoms with E-state index in [2.05, 4.69) is 37.9 Å². The Bertz CT molecular complexity index is 337. The summed E-state index contributed by atoms with van der Waals surface area (Å²) in [6.07, 6.45) is 3.96. The van der Waals surface area contributed by atoms with Crippen molar-refractivity contribution in [3.63, 3.8) is 0 Å². The first-order chi connectivity index (χ1) is 8.43. The van der Waals surface area contributed by atoms with Crippen molar-refractivity contribution in [2.24, 2.45) is 5.92 Å². The lowest BCUT2D eigenvalue weighted by atomic mass is 9.84. The molecule has 0 radical (unpaired) electrons. The first kappa shape index (κ1) is 14.4. The average molecular weight is 271 g/mol. The zero-order valence-corrected chi connectivity index (χ0v) is 13.0. The largest absolute Gasteiger partial charge is 0.308 e. The minimum Gasteiger partial charge on any atom is -0.308 e. The van der Waals surface area contributed by atoms with Crippen LogP contribution < -0.4 is 5.32 Å². The van der Waals surface area contributed by atoms with Crippen LogP contribution >= 0.6 is 11.6 Å². The lowest BCUT2D eigenvalue weighted by Gasteiger charge is -2.52. The molecule has 3 heteroatoms. The van der Waals surface area contributed by atoms with Gasteiger partial charge >= 0.3 is 0 Å². The molecule has 1 N–H and O–H groups in total. The van der Waals surface area contributed by atoms with Crippen LogP contribution in [-0.4, -0.2) is 35.6 Å². The van der Waals surface area contributed by atoms with Crippen LogP contribution in [-0.2, 0) is 0 Å². The highest BCUT2D eigenvalue weighted by Gasteiger charge is 2.48. The van der Waals surface area contributed by atoms with Gasteiger partial charge in [0.2, 0.25) is 0 Å². The van der Waals surface area contributed by atoms with Gasteiger partial charge in [0, 0.05) is 36.2 Å². The number of hydrogen-bond donors (Lipinski definition) is 1. The second kappa shape index (κ2) is 5.15. The second-order valence-electron chi connectivity index (χ2n) is 6.71. The predicted octanol–water partition coefficient (Wildman–Crippen LogP) is 3.37. The molecule has 1 saturated carbocycles. The van der Waals surface area contributed by atoms with E-state index in [0.717, 1.165) is 25.6 Å². The van der Waals surface area contributed by atoms with Gasteiger partial charge in [0.1, 0.15) is 0 Å². The van der Waals surface area contributed by atoms with Crippen molar-refractivity contribution in [1.82, 2.24) is 10.2 Å². The van der Waals surface area contributed by atoms with E-state index in [-0.39, 0.29) is 5.54 Å². The van der Waals surface area contributed by atoms with Gasteiger partial charge in [-0.05, 0) is 51.5 Å². The van der Waals surface area contributed by atoms with Gasteiger partial charge in [0.25, 0.3) is 0 Å². The summed E-state index contributed by atoms with van der Waals surface area (Å²) in [5.41, 5.74) is 3.56. The smallest absolute Gasteiger partial charge is 0.0309 e. The summed E-state index contributed by atoms with van der Waals surface area (Å²) in [7, 11) is 0. The highest BCUT2D eigenvalue weighted by Crippen LogP contribution is 2.43. The first-order valence-electron chi connectivity index (χ1n) is 7.19. The molecule has 2 unspecified atom stereocenters. The Labute approximate surface area is 117 Å². The van der Waals surface area contributed by atoms with Crippen molar-refractivity contribution < 1.29 is 0 Å². The third kappa shape index (κ3) is 2.76. The number of halogens is 1. The minimum absolute atomic E-state index is 0.259. The normalized spacial score (nSPS) is 39.1. The van der Waals surface area contributed by atoms with Gasteiger partial charge in [-0.1, -0.05) is 18.5 Å². The number of rotatable bonds is 4. The van der Waals surface area contributed by atoms with Gasteiger partial charge in [0.15, 0.2) is 0 Å². The van der Waals surface area contributed by atoms with Crippen molar-refractivity contribution in [1.29, 1.82) is 0 Å². The fourth-order valence-electron chi connectivity index (χ4n) is 3.07. The van der Waals surface area contributed by atoms with Crippen LogP contribution in [0, 0.1) is 5.92 Å². The molecule has 2 aliphatic rings. The van der Waals surface area contributed by atoms with E-state index in [9.17, 15) is 0 Å². The summed E-state index contributed by atoms with van der Waals surface area (Å²) in [6, 6.07) is 0. The monoisotopic (exact) mass is 270 g/mol. The Balaban J connectivity index is 2.12. The molecular weight excluding hydrogens is 244 g/mol. The molecule has 2 nitrogen and oxygen atoms in total. The van der Waals surface area contributed by atoms with Crippen molar-refractivity contribution in [3.05, 3.63) is 11.1 Å². The fourth-order valence-corrected chi connectivity index (χ4v) is 3.14. The highest BCUT2D eigenvalue weighted by atomic mass is 35.5. The van der Waals surface area contributed by atoms with E-state index in [0.29, 0.717) is 5.54 Å². The molecule has 0 aromatic heterocycles. The van der Waals surface area contributed by atoms with Crippen LogP contribution in [0.5, 0.6) is 0 Å². The summed E-state index contributed by atoms with van der Waals surface area (Å²) in [5.74, 6) is 0.877. The molecule has 18 heavy (non-hydrogen) atoms. The zero-order chi connectivity index (χ0) is 13.4. The molecule has 0 amide bonds. The van der Waals surface area contributed by atoms with Gasteiger partial charge in [-0.15, -0.1) is 0 Å². The van der Waals surface area contributed by atoms with Crippen LogP contribution in [0.2, 0.25) is 0 Å². The van der Waals surface area contributed by atoms with Crippen LogP contribution in [0.15, 0.2) is 11.1 Å². The molecule has 2 atom stereocenters. The summed E-state index contributed by atoms with van der Waals surface area (Å²) in [4.78, 5) is 2.63. The zero-order valence-electron chi connectivity index (χ0n) is 12.2. The molecule has 2 fully saturated rings. The standard InChI is InChI=1S/C15H27ClN2/c1-5-14(3)10-17-15(4,13-6-7-13)11-18(14)9-12(2)8-16/h8,13,17H,5-7,9-11H2,1-4H3. The maximum absolute atomic E-state index is 5.85. The van der Waals surface area contributed by atoms with E-state index in [4.69, 9.17) is 11.6 Å². The van der Waals surface area contributed by atoms with Crippen LogP contribution in [0.25, 0.3) is 0 Å². The van der Waals surface area contributed by atoms with Crippen LogP contribution in [0.1, 0.15) is 47.0 Å². The Hall–Kier alpha value is -0.0500. The number of nitrogens with zero attached hydrogens (tertiary/aromatic N) is 1. The number of hydrogen-bond acceptors (Lipinski definition) is 2. The van der Waals surface area contributed by atoms with Gasteiger partial charge in [-0.25, -0.2) is 0 Å². The van der Waals surface area contributed by atoms with E-state index in [1.54, 1.807) is 5.54 Å². The number of nitrogens with one attached hydrogen (secondary N) is 1.